The zero-order chi connectivity index (χ0) is 24.7. The molecule has 1 atom stereocenters. The summed E-state index contributed by atoms with van der Waals surface area (Å²) in [5.74, 6) is 1.18. The SMILES string of the molecule is Cc1ccccc1C[N+]1=C(CN2CCN(C(=O)c3ccco3)CC2)N=C2C1C(=O)N(C)C(=O)N2C. The van der Waals surface area contributed by atoms with Gasteiger partial charge in [-0.2, -0.15) is 0 Å². The fourth-order valence-corrected chi connectivity index (χ4v) is 4.79. The predicted molar refractivity (Wildman–Crippen MR) is 128 cm³/mol. The van der Waals surface area contributed by atoms with Gasteiger partial charge in [-0.05, 0) is 35.2 Å². The van der Waals surface area contributed by atoms with Crippen molar-refractivity contribution in [1.82, 2.24) is 19.6 Å². The Morgan fingerprint density at radius 2 is 1.80 bits per heavy atom. The zero-order valence-electron chi connectivity index (χ0n) is 20.2. The molecule has 0 spiro atoms. The molecular weight excluding hydrogens is 448 g/mol. The van der Waals surface area contributed by atoms with Crippen LogP contribution in [0.2, 0.25) is 0 Å². The second kappa shape index (κ2) is 9.10. The molecular formula is C25H29N6O4+. The summed E-state index contributed by atoms with van der Waals surface area (Å²) in [6.07, 6.45) is 1.50. The molecule has 0 bridgehead atoms. The van der Waals surface area contributed by atoms with Crippen molar-refractivity contribution >= 4 is 29.5 Å². The van der Waals surface area contributed by atoms with Gasteiger partial charge < -0.3 is 9.32 Å². The molecule has 0 N–H and O–H groups in total. The number of hydrogen-bond donors (Lipinski definition) is 0. The minimum atomic E-state index is -0.640. The van der Waals surface area contributed by atoms with Crippen molar-refractivity contribution in [2.45, 2.75) is 19.5 Å². The van der Waals surface area contributed by atoms with Crippen LogP contribution in [0.3, 0.4) is 0 Å². The average Bonchev–Trinajstić information content (AvgIpc) is 3.52. The van der Waals surface area contributed by atoms with Crippen LogP contribution >= 0.6 is 0 Å². The quantitative estimate of drug-likeness (QED) is 0.605. The highest BCUT2D eigenvalue weighted by molar-refractivity contribution is 6.23. The van der Waals surface area contributed by atoms with Gasteiger partial charge in [0.2, 0.25) is 0 Å². The highest BCUT2D eigenvalue weighted by Crippen LogP contribution is 2.22. The second-order valence-electron chi connectivity index (χ2n) is 9.13. The third-order valence-electron chi connectivity index (χ3n) is 6.97. The summed E-state index contributed by atoms with van der Waals surface area (Å²) in [7, 11) is 3.17. The molecule has 1 unspecified atom stereocenters. The molecule has 2 saturated heterocycles. The van der Waals surface area contributed by atoms with Gasteiger partial charge in [-0.25, -0.2) is 9.37 Å². The molecule has 10 heteroatoms. The van der Waals surface area contributed by atoms with Gasteiger partial charge in [0.1, 0.15) is 13.1 Å². The molecule has 4 amide bonds. The summed E-state index contributed by atoms with van der Waals surface area (Å²) < 4.78 is 7.27. The number of fused-ring (bicyclic) bond motifs is 1. The first-order valence-corrected chi connectivity index (χ1v) is 11.7. The Labute approximate surface area is 203 Å². The number of benzene rings is 1. The average molecular weight is 478 g/mol. The number of nitrogens with zero attached hydrogens (tertiary/aromatic N) is 6. The smallest absolute Gasteiger partial charge is 0.333 e. The second-order valence-corrected chi connectivity index (χ2v) is 9.13. The van der Waals surface area contributed by atoms with E-state index in [1.807, 2.05) is 29.7 Å². The minimum absolute atomic E-state index is 0.107. The van der Waals surface area contributed by atoms with Crippen LogP contribution in [-0.2, 0) is 11.3 Å². The number of carbonyl (C=O) groups excluding carboxylic acids is 3. The number of likely N-dealkylation sites (N-methyl/N-ethyl adjacent to an activating group) is 2. The van der Waals surface area contributed by atoms with Crippen LogP contribution in [-0.4, -0.2) is 107 Å². The van der Waals surface area contributed by atoms with E-state index in [9.17, 15) is 14.4 Å². The number of hydrogen-bond acceptors (Lipinski definition) is 6. The summed E-state index contributed by atoms with van der Waals surface area (Å²) in [6, 6.07) is 10.4. The third-order valence-corrected chi connectivity index (χ3v) is 6.97. The number of aryl methyl sites for hydroxylation is 1. The van der Waals surface area contributed by atoms with Crippen LogP contribution in [0.1, 0.15) is 21.7 Å². The maximum atomic E-state index is 13.2. The summed E-state index contributed by atoms with van der Waals surface area (Å²) in [6.45, 7) is 5.58. The van der Waals surface area contributed by atoms with E-state index in [1.54, 1.807) is 24.1 Å². The molecule has 2 aromatic rings. The molecule has 182 valence electrons. The lowest BCUT2D eigenvalue weighted by Gasteiger charge is -2.33. The molecule has 10 nitrogen and oxygen atoms in total. The van der Waals surface area contributed by atoms with Gasteiger partial charge in [0.15, 0.2) is 5.76 Å². The van der Waals surface area contributed by atoms with E-state index in [2.05, 4.69) is 11.0 Å². The zero-order valence-corrected chi connectivity index (χ0v) is 20.2. The topological polar surface area (TPSA) is 92.7 Å². The molecule has 0 aliphatic carbocycles. The highest BCUT2D eigenvalue weighted by atomic mass is 16.3. The molecule has 3 aliphatic heterocycles. The van der Waals surface area contributed by atoms with E-state index in [1.165, 1.54) is 18.2 Å². The standard InChI is InChI=1S/C25H29N6O4/c1-17-7-4-5-8-18(17)15-31-20(26-22-21(31)24(33)28(3)25(34)27(22)2)16-29-10-12-30(13-11-29)23(32)19-9-6-14-35-19/h4-9,14,21H,10-13,15-16H2,1-3H3/q+1. The van der Waals surface area contributed by atoms with Crippen LogP contribution in [0, 0.1) is 6.92 Å². The summed E-state index contributed by atoms with van der Waals surface area (Å²) >= 11 is 0. The lowest BCUT2D eigenvalue weighted by molar-refractivity contribution is -0.552. The highest BCUT2D eigenvalue weighted by Gasteiger charge is 2.53. The fourth-order valence-electron chi connectivity index (χ4n) is 4.79. The van der Waals surface area contributed by atoms with Gasteiger partial charge in [0.05, 0.1) is 6.26 Å². The number of aliphatic imine (C=N–C) groups is 1. The van der Waals surface area contributed by atoms with Crippen molar-refractivity contribution < 1.29 is 23.4 Å². The lowest BCUT2D eigenvalue weighted by Crippen LogP contribution is -2.61. The van der Waals surface area contributed by atoms with Gasteiger partial charge in [-0.1, -0.05) is 24.3 Å². The Hall–Kier alpha value is -3.79. The third kappa shape index (κ3) is 4.14. The van der Waals surface area contributed by atoms with Gasteiger partial charge in [-0.15, -0.1) is 0 Å². The molecule has 1 aromatic heterocycles. The fraction of sp³-hybridized carbons (Fsp3) is 0.400. The van der Waals surface area contributed by atoms with E-state index >= 15 is 0 Å². The van der Waals surface area contributed by atoms with Crippen LogP contribution in [0.25, 0.3) is 0 Å². The van der Waals surface area contributed by atoms with Gasteiger partial charge in [0.25, 0.3) is 23.7 Å². The van der Waals surface area contributed by atoms with E-state index in [0.29, 0.717) is 50.9 Å². The van der Waals surface area contributed by atoms with Gasteiger partial charge in [0, 0.05) is 40.3 Å². The Morgan fingerprint density at radius 3 is 2.49 bits per heavy atom. The number of piperazine rings is 1. The van der Waals surface area contributed by atoms with Gasteiger partial charge >= 0.3 is 11.9 Å². The van der Waals surface area contributed by atoms with Gasteiger partial charge in [-0.3, -0.25) is 24.3 Å². The van der Waals surface area contributed by atoms with Crippen LogP contribution in [0.5, 0.6) is 0 Å². The number of rotatable bonds is 5. The molecule has 1 aromatic carbocycles. The maximum absolute atomic E-state index is 13.2. The molecule has 4 heterocycles. The Morgan fingerprint density at radius 1 is 1.06 bits per heavy atom. The number of amidine groups is 2. The van der Waals surface area contributed by atoms with Crippen molar-refractivity contribution in [3.63, 3.8) is 0 Å². The molecule has 0 radical (unpaired) electrons. The minimum Gasteiger partial charge on any atom is -0.459 e. The lowest BCUT2D eigenvalue weighted by atomic mass is 10.1. The van der Waals surface area contributed by atoms with E-state index < -0.39 is 6.04 Å². The Kier molecular flexibility index (Phi) is 5.98. The monoisotopic (exact) mass is 477 g/mol. The predicted octanol–water partition coefficient (Wildman–Crippen LogP) is 1.26. The number of carbonyl (C=O) groups is 3. The first-order valence-electron chi connectivity index (χ1n) is 11.7. The Balaban J connectivity index is 1.38. The van der Waals surface area contributed by atoms with Crippen LogP contribution < -0.4 is 0 Å². The van der Waals surface area contributed by atoms with Crippen molar-refractivity contribution in [3.05, 3.63) is 59.5 Å². The van der Waals surface area contributed by atoms with E-state index in [4.69, 9.17) is 9.41 Å². The van der Waals surface area contributed by atoms with Crippen molar-refractivity contribution in [2.75, 3.05) is 46.8 Å². The Bertz CT molecular complexity index is 1230. The van der Waals surface area contributed by atoms with Crippen molar-refractivity contribution in [1.29, 1.82) is 0 Å². The van der Waals surface area contributed by atoms with Crippen LogP contribution in [0.4, 0.5) is 4.79 Å². The number of urea groups is 1. The number of furan rings is 1. The molecule has 35 heavy (non-hydrogen) atoms. The maximum Gasteiger partial charge on any atom is 0.333 e. The summed E-state index contributed by atoms with van der Waals surface area (Å²) in [5, 5.41) is 0. The van der Waals surface area contributed by atoms with Crippen molar-refractivity contribution in [2.24, 2.45) is 4.99 Å². The molecule has 5 rings (SSSR count). The number of imide groups is 1. The first kappa shape index (κ1) is 23.0. The molecule has 3 aliphatic rings. The van der Waals surface area contributed by atoms with Crippen molar-refractivity contribution in [3.8, 4) is 0 Å². The normalized spacial score (nSPS) is 21.1. The summed E-state index contributed by atoms with van der Waals surface area (Å²) in [5.41, 5.74) is 2.23. The van der Waals surface area contributed by atoms with E-state index in [0.717, 1.165) is 21.9 Å². The molecule has 0 saturated carbocycles. The number of amides is 4. The molecule has 2 fully saturated rings. The first-order chi connectivity index (χ1) is 16.8. The van der Waals surface area contributed by atoms with Crippen LogP contribution in [0.15, 0.2) is 52.1 Å². The summed E-state index contributed by atoms with van der Waals surface area (Å²) in [4.78, 5) is 49.8. The largest absolute Gasteiger partial charge is 0.459 e. The van der Waals surface area contributed by atoms with E-state index in [-0.39, 0.29) is 17.8 Å².